The van der Waals surface area contributed by atoms with Gasteiger partial charge in [0.15, 0.2) is 12.0 Å². The minimum Gasteiger partial charge on any atom is -0.360 e. The van der Waals surface area contributed by atoms with E-state index in [0.717, 1.165) is 12.0 Å². The molecule has 0 fully saturated rings. The molecule has 0 atom stereocenters. The number of rotatable bonds is 3. The highest BCUT2D eigenvalue weighted by molar-refractivity contribution is 7.07. The van der Waals surface area contributed by atoms with E-state index >= 15 is 0 Å². The van der Waals surface area contributed by atoms with Gasteiger partial charge in [-0.1, -0.05) is 5.16 Å². The van der Waals surface area contributed by atoms with Gasteiger partial charge in [-0.2, -0.15) is 0 Å². The lowest BCUT2D eigenvalue weighted by Gasteiger charge is -1.90. The van der Waals surface area contributed by atoms with E-state index in [1.54, 1.807) is 5.51 Å². The second-order valence-electron chi connectivity index (χ2n) is 2.48. The number of hydrogen-bond donors (Lipinski definition) is 0. The third-order valence-corrected chi connectivity index (χ3v) is 2.26. The second-order valence-corrected chi connectivity index (χ2v) is 3.20. The predicted molar refractivity (Wildman–Crippen MR) is 46.8 cm³/mol. The van der Waals surface area contributed by atoms with Gasteiger partial charge >= 0.3 is 0 Å². The molecule has 0 aromatic carbocycles. The number of aromatic nitrogens is 2. The van der Waals surface area contributed by atoms with Crippen LogP contribution in [0.1, 0.15) is 21.8 Å². The number of nitrogens with zero attached hydrogens (tertiary/aromatic N) is 2. The van der Waals surface area contributed by atoms with E-state index in [0.29, 0.717) is 17.7 Å². The zero-order chi connectivity index (χ0) is 9.10. The van der Waals surface area contributed by atoms with Crippen LogP contribution in [0.15, 0.2) is 21.6 Å². The monoisotopic (exact) mass is 194 g/mol. The van der Waals surface area contributed by atoms with E-state index in [2.05, 4.69) is 10.1 Å². The van der Waals surface area contributed by atoms with Crippen LogP contribution in [0.25, 0.3) is 0 Å². The summed E-state index contributed by atoms with van der Waals surface area (Å²) < 4.78 is 4.91. The molecule has 0 radical (unpaired) electrons. The quantitative estimate of drug-likeness (QED) is 0.695. The summed E-state index contributed by atoms with van der Waals surface area (Å²) in [5.74, 6) is 0.570. The van der Waals surface area contributed by atoms with E-state index in [-0.39, 0.29) is 0 Å². The highest BCUT2D eigenvalue weighted by atomic mass is 32.1. The molecule has 0 spiro atoms. The van der Waals surface area contributed by atoms with Gasteiger partial charge in [0.05, 0.1) is 29.4 Å². The maximum Gasteiger partial charge on any atom is 0.155 e. The van der Waals surface area contributed by atoms with Gasteiger partial charge in [0.25, 0.3) is 0 Å². The first-order valence-corrected chi connectivity index (χ1v) is 4.60. The molecule has 2 rings (SSSR count). The molecule has 0 bridgehead atoms. The maximum absolute atomic E-state index is 10.5. The van der Waals surface area contributed by atoms with E-state index < -0.39 is 0 Å². The smallest absolute Gasteiger partial charge is 0.155 e. The van der Waals surface area contributed by atoms with Crippen molar-refractivity contribution < 1.29 is 9.32 Å². The molecule has 0 aliphatic carbocycles. The van der Waals surface area contributed by atoms with Crippen molar-refractivity contribution in [1.82, 2.24) is 10.1 Å². The van der Waals surface area contributed by atoms with Gasteiger partial charge in [-0.3, -0.25) is 4.79 Å². The summed E-state index contributed by atoms with van der Waals surface area (Å²) in [6, 6.07) is 0. The van der Waals surface area contributed by atoms with Crippen LogP contribution in [-0.4, -0.2) is 16.4 Å². The molecule has 13 heavy (non-hydrogen) atoms. The Balaban J connectivity index is 2.23. The van der Waals surface area contributed by atoms with E-state index in [9.17, 15) is 4.79 Å². The molecule has 66 valence electrons. The van der Waals surface area contributed by atoms with Crippen molar-refractivity contribution >= 4 is 17.6 Å². The molecule has 0 aliphatic heterocycles. The molecule has 0 saturated carbocycles. The van der Waals surface area contributed by atoms with Crippen LogP contribution < -0.4 is 0 Å². The van der Waals surface area contributed by atoms with Crippen LogP contribution in [-0.2, 0) is 6.42 Å². The Hall–Kier alpha value is -1.49. The molecule has 2 heterocycles. The first kappa shape index (κ1) is 8.12. The SMILES string of the molecule is O=Cc1cnoc1Cc1cscn1. The van der Waals surface area contributed by atoms with E-state index in [1.807, 2.05) is 5.38 Å². The van der Waals surface area contributed by atoms with Crippen molar-refractivity contribution in [2.75, 3.05) is 0 Å². The third kappa shape index (κ3) is 1.65. The van der Waals surface area contributed by atoms with Crippen molar-refractivity contribution in [3.63, 3.8) is 0 Å². The Morgan fingerprint density at radius 3 is 3.23 bits per heavy atom. The molecule has 5 heteroatoms. The first-order valence-electron chi connectivity index (χ1n) is 3.66. The molecule has 0 N–H and O–H groups in total. The second kappa shape index (κ2) is 3.49. The highest BCUT2D eigenvalue weighted by Crippen LogP contribution is 2.12. The van der Waals surface area contributed by atoms with Gasteiger partial charge in [0, 0.05) is 5.38 Å². The molecule has 4 nitrogen and oxygen atoms in total. The van der Waals surface area contributed by atoms with Crippen LogP contribution >= 0.6 is 11.3 Å². The van der Waals surface area contributed by atoms with Crippen LogP contribution in [0, 0.1) is 0 Å². The van der Waals surface area contributed by atoms with Crippen molar-refractivity contribution in [3.05, 3.63) is 34.1 Å². The summed E-state index contributed by atoms with van der Waals surface area (Å²) in [4.78, 5) is 14.6. The predicted octanol–water partition coefficient (Wildman–Crippen LogP) is 1.53. The molecule has 0 saturated heterocycles. The van der Waals surface area contributed by atoms with Crippen LogP contribution in [0.5, 0.6) is 0 Å². The molecule has 2 aromatic heterocycles. The summed E-state index contributed by atoms with van der Waals surface area (Å²) in [7, 11) is 0. The minimum atomic E-state index is 0.494. The van der Waals surface area contributed by atoms with Crippen molar-refractivity contribution in [2.45, 2.75) is 6.42 Å². The highest BCUT2D eigenvalue weighted by Gasteiger charge is 2.08. The normalized spacial score (nSPS) is 10.2. The standard InChI is InChI=1S/C8H6N2O2S/c11-3-6-2-10-12-8(6)1-7-4-13-5-9-7/h2-5H,1H2. The lowest BCUT2D eigenvalue weighted by molar-refractivity contribution is 0.112. The summed E-state index contributed by atoms with van der Waals surface area (Å²) >= 11 is 1.51. The Morgan fingerprint density at radius 2 is 2.54 bits per heavy atom. The lowest BCUT2D eigenvalue weighted by atomic mass is 10.2. The fourth-order valence-electron chi connectivity index (χ4n) is 0.991. The van der Waals surface area contributed by atoms with Gasteiger partial charge < -0.3 is 4.52 Å². The lowest BCUT2D eigenvalue weighted by Crippen LogP contribution is -1.89. The summed E-state index contributed by atoms with van der Waals surface area (Å²) in [6.45, 7) is 0. The number of carbonyl (C=O) groups is 1. The summed E-state index contributed by atoms with van der Waals surface area (Å²) in [5, 5.41) is 5.46. The first-order chi connectivity index (χ1) is 6.40. The van der Waals surface area contributed by atoms with Crippen molar-refractivity contribution in [3.8, 4) is 0 Å². The van der Waals surface area contributed by atoms with Gasteiger partial charge in [-0.05, 0) is 0 Å². The number of carbonyl (C=O) groups excluding carboxylic acids is 1. The Kier molecular flexibility index (Phi) is 2.18. The molecule has 2 aromatic rings. The van der Waals surface area contributed by atoms with Crippen LogP contribution in [0.3, 0.4) is 0 Å². The zero-order valence-electron chi connectivity index (χ0n) is 6.64. The molecule has 0 unspecified atom stereocenters. The van der Waals surface area contributed by atoms with Crippen LogP contribution in [0.4, 0.5) is 0 Å². The van der Waals surface area contributed by atoms with Crippen LogP contribution in [0.2, 0.25) is 0 Å². The average molecular weight is 194 g/mol. The van der Waals surface area contributed by atoms with Crippen molar-refractivity contribution in [1.29, 1.82) is 0 Å². The molecular formula is C8H6N2O2S. The third-order valence-electron chi connectivity index (χ3n) is 1.63. The zero-order valence-corrected chi connectivity index (χ0v) is 7.45. The number of hydrogen-bond acceptors (Lipinski definition) is 5. The Labute approximate surface area is 78.2 Å². The van der Waals surface area contributed by atoms with Gasteiger partial charge in [0.2, 0.25) is 0 Å². The topological polar surface area (TPSA) is 56.0 Å². The summed E-state index contributed by atoms with van der Waals surface area (Å²) in [6.07, 6.45) is 2.67. The maximum atomic E-state index is 10.5. The number of thiazole rings is 1. The number of aldehydes is 1. The molecule has 0 aliphatic rings. The van der Waals surface area contributed by atoms with E-state index in [1.165, 1.54) is 17.5 Å². The minimum absolute atomic E-state index is 0.494. The average Bonchev–Trinajstić information content (AvgIpc) is 2.76. The van der Waals surface area contributed by atoms with E-state index in [4.69, 9.17) is 4.52 Å². The summed E-state index contributed by atoms with van der Waals surface area (Å²) in [5.41, 5.74) is 3.13. The fraction of sp³-hybridized carbons (Fsp3) is 0.125. The Morgan fingerprint density at radius 1 is 1.62 bits per heavy atom. The fourth-order valence-corrected chi connectivity index (χ4v) is 1.55. The van der Waals surface area contributed by atoms with Gasteiger partial charge in [-0.25, -0.2) is 4.98 Å². The van der Waals surface area contributed by atoms with Gasteiger partial charge in [-0.15, -0.1) is 11.3 Å². The van der Waals surface area contributed by atoms with Gasteiger partial charge in [0.1, 0.15) is 0 Å². The van der Waals surface area contributed by atoms with Crippen molar-refractivity contribution in [2.24, 2.45) is 0 Å². The molecular weight excluding hydrogens is 188 g/mol. The molecule has 0 amide bonds. The Bertz CT molecular complexity index is 394. The largest absolute Gasteiger partial charge is 0.360 e.